The number of fused-ring (bicyclic) bond motifs is 1. The molecule has 2 fully saturated rings. The van der Waals surface area contributed by atoms with Crippen LogP contribution in [0.25, 0.3) is 5.69 Å². The summed E-state index contributed by atoms with van der Waals surface area (Å²) < 4.78 is 1.58. The third-order valence-electron chi connectivity index (χ3n) is 5.39. The van der Waals surface area contributed by atoms with Crippen LogP contribution in [0.4, 0.5) is 5.82 Å². The maximum atomic E-state index is 12.6. The number of imide groups is 1. The molecule has 1 aliphatic carbocycles. The van der Waals surface area contributed by atoms with Crippen molar-refractivity contribution in [2.45, 2.75) is 32.6 Å². The number of likely N-dealkylation sites (tertiary alicyclic amines) is 1. The number of amides is 3. The minimum Gasteiger partial charge on any atom is -0.309 e. The SMILES string of the molecule is Cc1cc(NC(=O)CN2C(=O)C3CCCCC3C2=O)n(-c2cccc(Cl)c2)n1. The highest BCUT2D eigenvalue weighted by Crippen LogP contribution is 2.37. The van der Waals surface area contributed by atoms with E-state index in [0.717, 1.165) is 36.3 Å². The first-order chi connectivity index (χ1) is 13.4. The highest BCUT2D eigenvalue weighted by atomic mass is 35.5. The Kier molecular flexibility index (Phi) is 4.93. The van der Waals surface area contributed by atoms with Gasteiger partial charge in [-0.25, -0.2) is 4.68 Å². The average Bonchev–Trinajstić information content (AvgIpc) is 3.15. The van der Waals surface area contributed by atoms with Crippen LogP contribution in [0, 0.1) is 18.8 Å². The fourth-order valence-electron chi connectivity index (χ4n) is 4.11. The van der Waals surface area contributed by atoms with Crippen LogP contribution < -0.4 is 5.32 Å². The van der Waals surface area contributed by atoms with Crippen molar-refractivity contribution < 1.29 is 14.4 Å². The first kappa shape index (κ1) is 18.7. The molecule has 1 aromatic carbocycles. The third-order valence-corrected chi connectivity index (χ3v) is 5.62. The smallest absolute Gasteiger partial charge is 0.245 e. The number of aryl methyl sites for hydroxylation is 1. The minimum atomic E-state index is -0.427. The Morgan fingerprint density at radius 3 is 2.50 bits per heavy atom. The van der Waals surface area contributed by atoms with Gasteiger partial charge in [0, 0.05) is 11.1 Å². The average molecular weight is 401 g/mol. The number of hydrogen-bond acceptors (Lipinski definition) is 4. The quantitative estimate of drug-likeness (QED) is 0.799. The van der Waals surface area contributed by atoms with E-state index < -0.39 is 5.91 Å². The summed E-state index contributed by atoms with van der Waals surface area (Å²) in [6, 6.07) is 8.84. The topological polar surface area (TPSA) is 84.3 Å². The molecule has 7 nitrogen and oxygen atoms in total. The third kappa shape index (κ3) is 3.42. The predicted octanol–water partition coefficient (Wildman–Crippen LogP) is 2.95. The van der Waals surface area contributed by atoms with Crippen molar-refractivity contribution in [3.63, 3.8) is 0 Å². The van der Waals surface area contributed by atoms with Crippen LogP contribution in [0.2, 0.25) is 5.02 Å². The highest BCUT2D eigenvalue weighted by Gasteiger charge is 2.48. The lowest BCUT2D eigenvalue weighted by Crippen LogP contribution is -2.38. The van der Waals surface area contributed by atoms with Crippen LogP contribution in [0.3, 0.4) is 0 Å². The molecular formula is C20H21ClN4O3. The lowest BCUT2D eigenvalue weighted by molar-refractivity contribution is -0.142. The van der Waals surface area contributed by atoms with E-state index in [1.54, 1.807) is 28.9 Å². The normalized spacial score (nSPS) is 21.7. The van der Waals surface area contributed by atoms with Crippen LogP contribution in [0.5, 0.6) is 0 Å². The lowest BCUT2D eigenvalue weighted by atomic mass is 9.81. The van der Waals surface area contributed by atoms with Gasteiger partial charge in [0.1, 0.15) is 12.4 Å². The summed E-state index contributed by atoms with van der Waals surface area (Å²) in [5, 5.41) is 7.72. The molecule has 1 saturated carbocycles. The van der Waals surface area contributed by atoms with Gasteiger partial charge in [0.2, 0.25) is 17.7 Å². The largest absolute Gasteiger partial charge is 0.309 e. The van der Waals surface area contributed by atoms with Gasteiger partial charge in [-0.2, -0.15) is 5.10 Å². The van der Waals surface area contributed by atoms with Gasteiger partial charge in [0.05, 0.1) is 23.2 Å². The van der Waals surface area contributed by atoms with E-state index in [4.69, 9.17) is 11.6 Å². The van der Waals surface area contributed by atoms with Crippen molar-refractivity contribution in [2.24, 2.45) is 11.8 Å². The van der Waals surface area contributed by atoms with Crippen molar-refractivity contribution in [3.05, 3.63) is 41.0 Å². The summed E-state index contributed by atoms with van der Waals surface area (Å²) in [6.45, 7) is 1.54. The zero-order valence-corrected chi connectivity index (χ0v) is 16.3. The van der Waals surface area contributed by atoms with Crippen LogP contribution in [-0.4, -0.2) is 38.9 Å². The highest BCUT2D eigenvalue weighted by molar-refractivity contribution is 6.30. The van der Waals surface area contributed by atoms with Crippen molar-refractivity contribution >= 4 is 35.1 Å². The van der Waals surface area contributed by atoms with Gasteiger partial charge in [-0.05, 0) is 38.0 Å². The van der Waals surface area contributed by atoms with Gasteiger partial charge in [-0.1, -0.05) is 30.5 Å². The fourth-order valence-corrected chi connectivity index (χ4v) is 4.29. The molecule has 1 N–H and O–H groups in total. The molecule has 1 aromatic heterocycles. The molecule has 0 bridgehead atoms. The fraction of sp³-hybridized carbons (Fsp3) is 0.400. The molecule has 2 atom stereocenters. The monoisotopic (exact) mass is 400 g/mol. The Morgan fingerprint density at radius 1 is 1.18 bits per heavy atom. The molecule has 4 rings (SSSR count). The van der Waals surface area contributed by atoms with Gasteiger partial charge in [-0.3, -0.25) is 19.3 Å². The lowest BCUT2D eigenvalue weighted by Gasteiger charge is -2.19. The zero-order valence-electron chi connectivity index (χ0n) is 15.5. The molecule has 0 radical (unpaired) electrons. The molecule has 8 heteroatoms. The van der Waals surface area contributed by atoms with Crippen molar-refractivity contribution in [1.29, 1.82) is 0 Å². The summed E-state index contributed by atoms with van der Waals surface area (Å²) in [7, 11) is 0. The predicted molar refractivity (Wildman–Crippen MR) is 104 cm³/mol. The molecule has 2 aliphatic rings. The number of aromatic nitrogens is 2. The molecule has 3 amide bonds. The number of hydrogen-bond donors (Lipinski definition) is 1. The summed E-state index contributed by atoms with van der Waals surface area (Å²) in [5.41, 5.74) is 1.42. The van der Waals surface area contributed by atoms with Crippen molar-refractivity contribution in [3.8, 4) is 5.69 Å². The van der Waals surface area contributed by atoms with Gasteiger partial charge in [0.15, 0.2) is 0 Å². The van der Waals surface area contributed by atoms with E-state index in [1.165, 1.54) is 0 Å². The second kappa shape index (κ2) is 7.39. The van der Waals surface area contributed by atoms with Crippen LogP contribution >= 0.6 is 11.6 Å². The van der Waals surface area contributed by atoms with E-state index in [9.17, 15) is 14.4 Å². The molecule has 146 valence electrons. The van der Waals surface area contributed by atoms with Crippen LogP contribution in [-0.2, 0) is 14.4 Å². The summed E-state index contributed by atoms with van der Waals surface area (Å²) >= 11 is 6.05. The number of nitrogens with zero attached hydrogens (tertiary/aromatic N) is 3. The standard InChI is InChI=1S/C20H21ClN4O3/c1-12-9-17(25(23-12)14-6-4-5-13(21)10-14)22-18(26)11-24-19(27)15-7-2-3-8-16(15)20(24)28/h4-6,9-10,15-16H,2-3,7-8,11H2,1H3,(H,22,26). The van der Waals surface area contributed by atoms with E-state index in [1.807, 2.05) is 13.0 Å². The number of carbonyl (C=O) groups excluding carboxylic acids is 3. The Labute approximate surface area is 167 Å². The van der Waals surface area contributed by atoms with E-state index in [-0.39, 0.29) is 30.2 Å². The van der Waals surface area contributed by atoms with Gasteiger partial charge in [0.25, 0.3) is 0 Å². The molecule has 1 saturated heterocycles. The summed E-state index contributed by atoms with van der Waals surface area (Å²) in [6.07, 6.45) is 3.37. The number of rotatable bonds is 4. The zero-order chi connectivity index (χ0) is 19.8. The molecule has 2 unspecified atom stereocenters. The van der Waals surface area contributed by atoms with Crippen molar-refractivity contribution in [1.82, 2.24) is 14.7 Å². The first-order valence-corrected chi connectivity index (χ1v) is 9.79. The Morgan fingerprint density at radius 2 is 1.86 bits per heavy atom. The van der Waals surface area contributed by atoms with E-state index >= 15 is 0 Å². The Bertz CT molecular complexity index is 931. The van der Waals surface area contributed by atoms with Crippen LogP contribution in [0.1, 0.15) is 31.4 Å². The second-order valence-electron chi connectivity index (χ2n) is 7.37. The number of carbonyl (C=O) groups is 3. The number of nitrogens with one attached hydrogen (secondary N) is 1. The number of halogens is 1. The Hall–Kier alpha value is -2.67. The van der Waals surface area contributed by atoms with Crippen LogP contribution in [0.15, 0.2) is 30.3 Å². The summed E-state index contributed by atoms with van der Waals surface area (Å²) in [4.78, 5) is 38.8. The molecule has 1 aliphatic heterocycles. The molecule has 2 heterocycles. The van der Waals surface area contributed by atoms with E-state index in [0.29, 0.717) is 16.5 Å². The Balaban J connectivity index is 1.50. The van der Waals surface area contributed by atoms with E-state index in [2.05, 4.69) is 10.4 Å². The molecule has 2 aromatic rings. The molecule has 0 spiro atoms. The van der Waals surface area contributed by atoms with Gasteiger partial charge < -0.3 is 5.32 Å². The number of benzene rings is 1. The van der Waals surface area contributed by atoms with Gasteiger partial charge in [-0.15, -0.1) is 0 Å². The first-order valence-electron chi connectivity index (χ1n) is 9.42. The number of anilines is 1. The maximum Gasteiger partial charge on any atom is 0.245 e. The summed E-state index contributed by atoms with van der Waals surface area (Å²) in [5.74, 6) is -0.917. The molecule has 28 heavy (non-hydrogen) atoms. The second-order valence-corrected chi connectivity index (χ2v) is 7.81. The van der Waals surface area contributed by atoms with Crippen molar-refractivity contribution in [2.75, 3.05) is 11.9 Å². The maximum absolute atomic E-state index is 12.6. The molecular weight excluding hydrogens is 380 g/mol. The van der Waals surface area contributed by atoms with Gasteiger partial charge >= 0.3 is 0 Å². The minimum absolute atomic E-state index is 0.218.